The molecule has 0 spiro atoms. The first kappa shape index (κ1) is 23.1. The fourth-order valence-electron chi connectivity index (χ4n) is 2.17. The number of aliphatic hydroxyl groups excluding tert-OH is 1. The van der Waals surface area contributed by atoms with Crippen LogP contribution in [0.3, 0.4) is 0 Å². The third-order valence-electron chi connectivity index (χ3n) is 3.58. The molecule has 0 amide bonds. The van der Waals surface area contributed by atoms with Gasteiger partial charge in [-0.3, -0.25) is 0 Å². The SMILES string of the molecule is CCCCCCCCC(CCC(O)CC)S(=O)(=O)[O-].[Na+]. The quantitative estimate of drug-likeness (QED) is 0.317. The minimum Gasteiger partial charge on any atom is -0.748 e. The second-order valence-electron chi connectivity index (χ2n) is 5.31. The summed E-state index contributed by atoms with van der Waals surface area (Å²) < 4.78 is 33.5. The van der Waals surface area contributed by atoms with Gasteiger partial charge in [0.15, 0.2) is 0 Å². The average molecular weight is 316 g/mol. The second-order valence-corrected chi connectivity index (χ2v) is 6.96. The predicted molar refractivity (Wildman–Crippen MR) is 77.0 cm³/mol. The van der Waals surface area contributed by atoms with Gasteiger partial charge >= 0.3 is 29.6 Å². The summed E-state index contributed by atoms with van der Waals surface area (Å²) in [4.78, 5) is 0. The molecule has 0 heterocycles. The van der Waals surface area contributed by atoms with Crippen LogP contribution in [0, 0.1) is 0 Å². The molecule has 0 radical (unpaired) electrons. The normalized spacial score (nSPS) is 14.6. The Kier molecular flexibility index (Phi) is 15.7. The third-order valence-corrected chi connectivity index (χ3v) is 4.87. The predicted octanol–water partition coefficient (Wildman–Crippen LogP) is 0.206. The molecule has 1 N–H and O–H groups in total. The van der Waals surface area contributed by atoms with Gasteiger partial charge in [-0.05, 0) is 25.7 Å². The van der Waals surface area contributed by atoms with Crippen molar-refractivity contribution in [3.63, 3.8) is 0 Å². The van der Waals surface area contributed by atoms with Crippen molar-refractivity contribution in [1.82, 2.24) is 0 Å². The van der Waals surface area contributed by atoms with Gasteiger partial charge in [0.05, 0.1) is 16.2 Å². The number of unbranched alkanes of at least 4 members (excludes halogenated alkanes) is 5. The van der Waals surface area contributed by atoms with E-state index in [1.165, 1.54) is 19.3 Å². The van der Waals surface area contributed by atoms with Crippen molar-refractivity contribution in [2.45, 2.75) is 89.4 Å². The van der Waals surface area contributed by atoms with Crippen molar-refractivity contribution in [2.24, 2.45) is 0 Å². The van der Waals surface area contributed by atoms with E-state index >= 15 is 0 Å². The van der Waals surface area contributed by atoms with Crippen molar-refractivity contribution in [2.75, 3.05) is 0 Å². The van der Waals surface area contributed by atoms with E-state index in [0.717, 1.165) is 19.3 Å². The molecule has 116 valence electrons. The molecule has 0 aromatic rings. The maximum atomic E-state index is 11.2. The van der Waals surface area contributed by atoms with Crippen LogP contribution in [0.15, 0.2) is 0 Å². The van der Waals surface area contributed by atoms with Crippen LogP contribution in [0.4, 0.5) is 0 Å². The molecule has 0 aliphatic rings. The molecule has 0 fully saturated rings. The summed E-state index contributed by atoms with van der Waals surface area (Å²) in [6.07, 6.45) is 7.70. The van der Waals surface area contributed by atoms with Crippen LogP contribution in [0.2, 0.25) is 0 Å². The molecule has 0 saturated heterocycles. The monoisotopic (exact) mass is 316 g/mol. The van der Waals surface area contributed by atoms with E-state index in [4.69, 9.17) is 0 Å². The van der Waals surface area contributed by atoms with Crippen LogP contribution in [-0.2, 0) is 10.1 Å². The van der Waals surface area contributed by atoms with Crippen LogP contribution in [-0.4, -0.2) is 29.4 Å². The molecular weight excluding hydrogens is 287 g/mol. The van der Waals surface area contributed by atoms with Crippen LogP contribution < -0.4 is 29.6 Å². The van der Waals surface area contributed by atoms with E-state index in [0.29, 0.717) is 19.3 Å². The van der Waals surface area contributed by atoms with Crippen LogP contribution >= 0.6 is 0 Å². The fourth-order valence-corrected chi connectivity index (χ4v) is 3.05. The average Bonchev–Trinajstić information content (AvgIpc) is 2.35. The van der Waals surface area contributed by atoms with E-state index in [9.17, 15) is 18.1 Å². The molecular formula is C14H29NaO4S. The largest absolute Gasteiger partial charge is 1.00 e. The molecule has 0 saturated carbocycles. The maximum absolute atomic E-state index is 11.2. The van der Waals surface area contributed by atoms with E-state index in [2.05, 4.69) is 6.92 Å². The molecule has 6 heteroatoms. The Morgan fingerprint density at radius 2 is 1.50 bits per heavy atom. The van der Waals surface area contributed by atoms with Crippen molar-refractivity contribution in [1.29, 1.82) is 0 Å². The molecule has 0 aromatic heterocycles. The van der Waals surface area contributed by atoms with Gasteiger partial charge in [0.2, 0.25) is 0 Å². The first-order chi connectivity index (χ1) is 8.91. The summed E-state index contributed by atoms with van der Waals surface area (Å²) in [5, 5.41) is 8.62. The minimum atomic E-state index is -4.23. The molecule has 0 bridgehead atoms. The third kappa shape index (κ3) is 12.6. The molecule has 0 aliphatic carbocycles. The van der Waals surface area contributed by atoms with Crippen LogP contribution in [0.5, 0.6) is 0 Å². The minimum absolute atomic E-state index is 0. The summed E-state index contributed by atoms with van der Waals surface area (Å²) in [5.74, 6) is 0. The Labute approximate surface area is 146 Å². The summed E-state index contributed by atoms with van der Waals surface area (Å²) in [7, 11) is -4.23. The standard InChI is InChI=1S/C14H30O4S.Na/c1-3-5-6-7-8-9-10-14(19(16,17)18)12-11-13(15)4-2;/h13-15H,3-12H2,1-2H3,(H,16,17,18);/q;+1/p-1. The summed E-state index contributed by atoms with van der Waals surface area (Å²) in [5.41, 5.74) is 0. The second kappa shape index (κ2) is 13.5. The zero-order chi connectivity index (χ0) is 14.7. The van der Waals surface area contributed by atoms with Gasteiger partial charge in [0.25, 0.3) is 0 Å². The molecule has 0 aliphatic heterocycles. The van der Waals surface area contributed by atoms with Gasteiger partial charge in [-0.25, -0.2) is 8.42 Å². The molecule has 2 atom stereocenters. The van der Waals surface area contributed by atoms with Crippen LogP contribution in [0.25, 0.3) is 0 Å². The number of rotatable bonds is 12. The molecule has 0 rings (SSSR count). The fraction of sp³-hybridized carbons (Fsp3) is 1.00. The summed E-state index contributed by atoms with van der Waals surface area (Å²) in [6, 6.07) is 0. The Hall–Kier alpha value is 0.870. The van der Waals surface area contributed by atoms with Crippen molar-refractivity contribution < 1.29 is 47.6 Å². The molecule has 20 heavy (non-hydrogen) atoms. The number of aliphatic hydroxyl groups is 1. The van der Waals surface area contributed by atoms with Gasteiger partial charge in [-0.15, -0.1) is 0 Å². The maximum Gasteiger partial charge on any atom is 1.00 e. The van der Waals surface area contributed by atoms with E-state index in [1.807, 2.05) is 6.92 Å². The summed E-state index contributed by atoms with van der Waals surface area (Å²) in [6.45, 7) is 4.00. The Balaban J connectivity index is 0. The summed E-state index contributed by atoms with van der Waals surface area (Å²) >= 11 is 0. The smallest absolute Gasteiger partial charge is 0.748 e. The Bertz CT molecular complexity index is 306. The van der Waals surface area contributed by atoms with Gasteiger partial charge in [0, 0.05) is 5.25 Å². The molecule has 4 nitrogen and oxygen atoms in total. The van der Waals surface area contributed by atoms with E-state index in [-0.39, 0.29) is 36.0 Å². The van der Waals surface area contributed by atoms with Gasteiger partial charge in [0.1, 0.15) is 0 Å². The number of hydrogen-bond acceptors (Lipinski definition) is 4. The topological polar surface area (TPSA) is 77.4 Å². The number of hydrogen-bond donors (Lipinski definition) is 1. The first-order valence-electron chi connectivity index (χ1n) is 7.54. The first-order valence-corrected chi connectivity index (χ1v) is 9.01. The zero-order valence-corrected chi connectivity index (χ0v) is 16.1. The Morgan fingerprint density at radius 3 is 2.00 bits per heavy atom. The van der Waals surface area contributed by atoms with E-state index < -0.39 is 21.5 Å². The zero-order valence-electron chi connectivity index (χ0n) is 13.3. The van der Waals surface area contributed by atoms with Crippen LogP contribution in [0.1, 0.15) is 78.1 Å². The van der Waals surface area contributed by atoms with Crippen molar-refractivity contribution >= 4 is 10.1 Å². The van der Waals surface area contributed by atoms with Gasteiger partial charge in [-0.1, -0.05) is 52.4 Å². The van der Waals surface area contributed by atoms with Crippen molar-refractivity contribution in [3.05, 3.63) is 0 Å². The van der Waals surface area contributed by atoms with E-state index in [1.54, 1.807) is 0 Å². The molecule has 2 unspecified atom stereocenters. The molecule has 0 aromatic carbocycles. The van der Waals surface area contributed by atoms with Gasteiger partial charge < -0.3 is 9.66 Å². The van der Waals surface area contributed by atoms with Crippen molar-refractivity contribution in [3.8, 4) is 0 Å². The Morgan fingerprint density at radius 1 is 0.950 bits per heavy atom. The van der Waals surface area contributed by atoms with Gasteiger partial charge in [-0.2, -0.15) is 0 Å².